The number of hydrogen-bond donors (Lipinski definition) is 1. The number of aliphatic carboxylic acids is 1. The van der Waals surface area contributed by atoms with Crippen LogP contribution >= 0.6 is 0 Å². The van der Waals surface area contributed by atoms with Crippen molar-refractivity contribution < 1.29 is 9.90 Å². The third kappa shape index (κ3) is 40.9. The van der Waals surface area contributed by atoms with E-state index in [0.717, 1.165) is 12.8 Å². The number of unbranched alkanes of at least 4 members (excludes halogenated alkanes) is 32. The molecule has 0 amide bonds. The molecule has 0 radical (unpaired) electrons. The van der Waals surface area contributed by atoms with Crippen LogP contribution in [0.3, 0.4) is 0 Å². The molecule has 0 heterocycles. The van der Waals surface area contributed by atoms with E-state index < -0.39 is 5.97 Å². The van der Waals surface area contributed by atoms with Gasteiger partial charge in [-0.1, -0.05) is 212 Å². The van der Waals surface area contributed by atoms with Gasteiger partial charge in [0, 0.05) is 6.42 Å². The molecule has 1 N–H and O–H groups in total. The Hall–Kier alpha value is 0.730. The molecule has 0 saturated heterocycles. The Kier molecular flexibility index (Phi) is 41.6. The van der Waals surface area contributed by atoms with Crippen molar-refractivity contribution in [3.63, 3.8) is 0 Å². The molecular formula is C36H74CaO2. The molecular weight excluding hydrogens is 504 g/mol. The number of carbonyl (C=O) groups is 1. The van der Waals surface area contributed by atoms with E-state index in [1.807, 2.05) is 0 Å². The summed E-state index contributed by atoms with van der Waals surface area (Å²) in [5.41, 5.74) is 0. The van der Waals surface area contributed by atoms with Crippen LogP contribution in [0.1, 0.15) is 225 Å². The monoisotopic (exact) mass is 579 g/mol. The molecule has 0 bridgehead atoms. The molecule has 232 valence electrons. The van der Waals surface area contributed by atoms with E-state index in [4.69, 9.17) is 5.11 Å². The number of hydrogen-bond acceptors (Lipinski definition) is 1. The summed E-state index contributed by atoms with van der Waals surface area (Å²) in [5, 5.41) is 8.63. The molecule has 0 saturated carbocycles. The molecule has 0 aromatic carbocycles. The summed E-state index contributed by atoms with van der Waals surface area (Å²) in [5.74, 6) is -0.647. The Morgan fingerprint density at radius 3 is 0.641 bits per heavy atom. The van der Waals surface area contributed by atoms with Gasteiger partial charge in [-0.3, -0.25) is 4.79 Å². The van der Waals surface area contributed by atoms with E-state index in [9.17, 15) is 4.79 Å². The fourth-order valence-corrected chi connectivity index (χ4v) is 5.83. The van der Waals surface area contributed by atoms with Crippen LogP contribution in [0.25, 0.3) is 0 Å². The predicted octanol–water partition coefficient (Wildman–Crippen LogP) is 12.4. The van der Waals surface area contributed by atoms with E-state index in [0.29, 0.717) is 6.42 Å². The molecule has 0 aliphatic heterocycles. The minimum absolute atomic E-state index is 0. The fourth-order valence-electron chi connectivity index (χ4n) is 5.83. The van der Waals surface area contributed by atoms with E-state index in [1.54, 1.807) is 0 Å². The Morgan fingerprint density at radius 2 is 0.487 bits per heavy atom. The molecule has 0 spiro atoms. The molecule has 0 aliphatic rings. The van der Waals surface area contributed by atoms with Crippen molar-refractivity contribution in [2.45, 2.75) is 225 Å². The molecule has 0 aromatic heterocycles. The Morgan fingerprint density at radius 1 is 0.333 bits per heavy atom. The van der Waals surface area contributed by atoms with Crippen molar-refractivity contribution in [3.05, 3.63) is 0 Å². The van der Waals surface area contributed by atoms with Crippen molar-refractivity contribution >= 4 is 43.7 Å². The van der Waals surface area contributed by atoms with E-state index in [2.05, 4.69) is 6.92 Å². The summed E-state index contributed by atoms with van der Waals surface area (Å²) in [4.78, 5) is 10.5. The van der Waals surface area contributed by atoms with Gasteiger partial charge in [0.1, 0.15) is 0 Å². The third-order valence-electron chi connectivity index (χ3n) is 8.49. The molecule has 0 atom stereocenters. The van der Waals surface area contributed by atoms with Gasteiger partial charge in [-0.2, -0.15) is 0 Å². The first-order chi connectivity index (χ1) is 18.8. The van der Waals surface area contributed by atoms with E-state index in [-0.39, 0.29) is 37.7 Å². The summed E-state index contributed by atoms with van der Waals surface area (Å²) in [6.07, 6.45) is 46.9. The second kappa shape index (κ2) is 38.7. The van der Waals surface area contributed by atoms with Crippen molar-refractivity contribution in [1.82, 2.24) is 0 Å². The number of carboxylic acid groups (broad SMARTS) is 1. The first-order valence-corrected chi connectivity index (χ1v) is 18.0. The number of carboxylic acids is 1. The third-order valence-corrected chi connectivity index (χ3v) is 8.49. The molecule has 0 aromatic rings. The average molecular weight is 579 g/mol. The maximum absolute atomic E-state index is 10.5. The summed E-state index contributed by atoms with van der Waals surface area (Å²) in [7, 11) is 0. The first kappa shape index (κ1) is 41.9. The molecule has 0 fully saturated rings. The SMILES string of the molecule is CCCCCCCCCCCCCCCCCCCCCCCCCCCCCCCCCCCC(=O)O.[CaH2]. The van der Waals surface area contributed by atoms with Crippen molar-refractivity contribution in [1.29, 1.82) is 0 Å². The topological polar surface area (TPSA) is 37.3 Å². The normalized spacial score (nSPS) is 11.1. The van der Waals surface area contributed by atoms with Gasteiger partial charge in [-0.25, -0.2) is 0 Å². The second-order valence-electron chi connectivity index (χ2n) is 12.5. The van der Waals surface area contributed by atoms with Crippen LogP contribution in [0.2, 0.25) is 0 Å². The van der Waals surface area contributed by atoms with Crippen LogP contribution in [0.15, 0.2) is 0 Å². The molecule has 39 heavy (non-hydrogen) atoms. The summed E-state index contributed by atoms with van der Waals surface area (Å²) in [6.45, 7) is 2.30. The molecule has 2 nitrogen and oxygen atoms in total. The molecule has 3 heteroatoms. The number of rotatable bonds is 34. The van der Waals surface area contributed by atoms with Crippen LogP contribution in [0.5, 0.6) is 0 Å². The summed E-state index contributed by atoms with van der Waals surface area (Å²) >= 11 is 0. The zero-order valence-electron chi connectivity index (χ0n) is 26.4. The van der Waals surface area contributed by atoms with Gasteiger partial charge in [0.2, 0.25) is 0 Å². The van der Waals surface area contributed by atoms with Gasteiger partial charge >= 0.3 is 43.7 Å². The van der Waals surface area contributed by atoms with Gasteiger partial charge in [0.15, 0.2) is 0 Å². The Bertz CT molecular complexity index is 440. The van der Waals surface area contributed by atoms with E-state index in [1.165, 1.54) is 199 Å². The zero-order valence-corrected chi connectivity index (χ0v) is 26.4. The van der Waals surface area contributed by atoms with Gasteiger partial charge in [-0.15, -0.1) is 0 Å². The van der Waals surface area contributed by atoms with E-state index >= 15 is 0 Å². The van der Waals surface area contributed by atoms with Crippen LogP contribution in [0, 0.1) is 0 Å². The van der Waals surface area contributed by atoms with Crippen LogP contribution in [0.4, 0.5) is 0 Å². The van der Waals surface area contributed by atoms with Gasteiger partial charge in [0.05, 0.1) is 0 Å². The first-order valence-electron chi connectivity index (χ1n) is 18.0. The quantitative estimate of drug-likeness (QED) is 0.0609. The maximum atomic E-state index is 10.5. The van der Waals surface area contributed by atoms with Crippen LogP contribution < -0.4 is 0 Å². The minimum atomic E-state index is -0.647. The van der Waals surface area contributed by atoms with Crippen LogP contribution in [-0.2, 0) is 4.79 Å². The summed E-state index contributed by atoms with van der Waals surface area (Å²) in [6, 6.07) is 0. The molecule has 0 rings (SSSR count). The van der Waals surface area contributed by atoms with Crippen molar-refractivity contribution in [2.75, 3.05) is 0 Å². The Balaban J connectivity index is 0. The summed E-state index contributed by atoms with van der Waals surface area (Å²) < 4.78 is 0. The Labute approximate surface area is 277 Å². The second-order valence-corrected chi connectivity index (χ2v) is 12.5. The van der Waals surface area contributed by atoms with Gasteiger partial charge < -0.3 is 5.11 Å². The van der Waals surface area contributed by atoms with Gasteiger partial charge in [0.25, 0.3) is 0 Å². The van der Waals surface area contributed by atoms with Crippen molar-refractivity contribution in [3.8, 4) is 0 Å². The average Bonchev–Trinajstić information content (AvgIpc) is 2.91. The zero-order chi connectivity index (χ0) is 27.6. The predicted molar refractivity (Wildman–Crippen MR) is 179 cm³/mol. The van der Waals surface area contributed by atoms with Gasteiger partial charge in [-0.05, 0) is 6.42 Å². The van der Waals surface area contributed by atoms with Crippen molar-refractivity contribution in [2.24, 2.45) is 0 Å². The van der Waals surface area contributed by atoms with Crippen LogP contribution in [-0.4, -0.2) is 48.8 Å². The molecule has 0 unspecified atom stereocenters. The molecule has 0 aliphatic carbocycles. The fraction of sp³-hybridized carbons (Fsp3) is 0.972. The standard InChI is InChI=1S/C36H72O2.Ca.2H/c1-2-3-4-5-6-7-8-9-10-11-12-13-14-15-16-17-18-19-20-21-22-23-24-25-26-27-28-29-30-31-32-33-34-35-36(37)38;;;/h2-35H2,1H3,(H,37,38);;;.